The molecule has 0 fully saturated rings. The highest BCUT2D eigenvalue weighted by Crippen LogP contribution is 2.34. The molecule has 136 valence electrons. The molecule has 6 heteroatoms. The van der Waals surface area contributed by atoms with Gasteiger partial charge in [0, 0.05) is 41.3 Å². The molecule has 0 saturated carbocycles. The van der Waals surface area contributed by atoms with Gasteiger partial charge in [0.1, 0.15) is 5.82 Å². The van der Waals surface area contributed by atoms with Crippen LogP contribution in [0.15, 0.2) is 48.7 Å². The molecule has 5 nitrogen and oxygen atoms in total. The van der Waals surface area contributed by atoms with Gasteiger partial charge < -0.3 is 19.4 Å². The van der Waals surface area contributed by atoms with Crippen molar-refractivity contribution in [3.8, 4) is 11.5 Å². The lowest BCUT2D eigenvalue weighted by atomic mass is 9.98. The fraction of sp³-hybridized carbons (Fsp3) is 0.190. The SMILES string of the molecule is O=C(c1ccc2c(c1)OCO2)N1CC=C(c2c[nH]c3ccc(F)cc23)CC1. The molecule has 3 heterocycles. The van der Waals surface area contributed by atoms with E-state index >= 15 is 0 Å². The predicted molar refractivity (Wildman–Crippen MR) is 99.3 cm³/mol. The Morgan fingerprint density at radius 2 is 2.00 bits per heavy atom. The summed E-state index contributed by atoms with van der Waals surface area (Å²) >= 11 is 0. The van der Waals surface area contributed by atoms with Crippen LogP contribution in [-0.4, -0.2) is 35.7 Å². The normalized spacial score (nSPS) is 15.9. The van der Waals surface area contributed by atoms with Gasteiger partial charge in [0.05, 0.1) is 0 Å². The monoisotopic (exact) mass is 364 g/mol. The molecule has 5 rings (SSSR count). The number of hydrogen-bond acceptors (Lipinski definition) is 3. The first-order valence-corrected chi connectivity index (χ1v) is 8.84. The van der Waals surface area contributed by atoms with Crippen molar-refractivity contribution in [3.63, 3.8) is 0 Å². The van der Waals surface area contributed by atoms with Crippen LogP contribution >= 0.6 is 0 Å². The quantitative estimate of drug-likeness (QED) is 0.749. The number of nitrogens with zero attached hydrogens (tertiary/aromatic N) is 1. The van der Waals surface area contributed by atoms with Crippen molar-refractivity contribution in [2.45, 2.75) is 6.42 Å². The number of nitrogens with one attached hydrogen (secondary N) is 1. The first-order chi connectivity index (χ1) is 13.2. The Labute approximate surface area is 155 Å². The summed E-state index contributed by atoms with van der Waals surface area (Å²) in [4.78, 5) is 17.8. The molecule has 0 spiro atoms. The molecular weight excluding hydrogens is 347 g/mol. The summed E-state index contributed by atoms with van der Waals surface area (Å²) in [5.74, 6) is 0.988. The van der Waals surface area contributed by atoms with Crippen molar-refractivity contribution in [1.82, 2.24) is 9.88 Å². The van der Waals surface area contributed by atoms with E-state index in [9.17, 15) is 9.18 Å². The molecule has 0 atom stereocenters. The summed E-state index contributed by atoms with van der Waals surface area (Å²) in [7, 11) is 0. The van der Waals surface area contributed by atoms with Crippen LogP contribution in [0.5, 0.6) is 11.5 Å². The Hall–Kier alpha value is -3.28. The summed E-state index contributed by atoms with van der Waals surface area (Å²) in [5.41, 5.74) is 3.62. The van der Waals surface area contributed by atoms with Crippen LogP contribution in [0.4, 0.5) is 4.39 Å². The minimum absolute atomic E-state index is 0.0337. The first kappa shape index (κ1) is 15.9. The van der Waals surface area contributed by atoms with Gasteiger partial charge in [0.25, 0.3) is 5.91 Å². The minimum atomic E-state index is -0.251. The molecule has 0 aliphatic carbocycles. The number of halogens is 1. The summed E-state index contributed by atoms with van der Waals surface area (Å²) in [6, 6.07) is 9.99. The Morgan fingerprint density at radius 3 is 2.85 bits per heavy atom. The number of carbonyl (C=O) groups excluding carboxylic acids is 1. The van der Waals surface area contributed by atoms with E-state index < -0.39 is 0 Å². The molecule has 1 amide bonds. The summed E-state index contributed by atoms with van der Waals surface area (Å²) in [6.45, 7) is 1.32. The van der Waals surface area contributed by atoms with E-state index in [1.165, 1.54) is 6.07 Å². The van der Waals surface area contributed by atoms with E-state index in [0.29, 0.717) is 30.2 Å². The van der Waals surface area contributed by atoms with Crippen LogP contribution in [0.1, 0.15) is 22.3 Å². The second-order valence-corrected chi connectivity index (χ2v) is 6.69. The number of benzene rings is 2. The van der Waals surface area contributed by atoms with Crippen molar-refractivity contribution in [2.75, 3.05) is 19.9 Å². The van der Waals surface area contributed by atoms with Crippen molar-refractivity contribution in [2.24, 2.45) is 0 Å². The highest BCUT2D eigenvalue weighted by atomic mass is 19.1. The lowest BCUT2D eigenvalue weighted by Gasteiger charge is -2.26. The Bertz CT molecular complexity index is 1090. The average Bonchev–Trinajstić information content (AvgIpc) is 3.33. The van der Waals surface area contributed by atoms with Gasteiger partial charge in [-0.2, -0.15) is 0 Å². The van der Waals surface area contributed by atoms with Crippen molar-refractivity contribution in [3.05, 3.63) is 65.6 Å². The van der Waals surface area contributed by atoms with Gasteiger partial charge in [-0.15, -0.1) is 0 Å². The zero-order valence-corrected chi connectivity index (χ0v) is 14.5. The zero-order chi connectivity index (χ0) is 18.4. The third kappa shape index (κ3) is 2.73. The van der Waals surface area contributed by atoms with Crippen LogP contribution < -0.4 is 9.47 Å². The molecule has 2 aliphatic heterocycles. The lowest BCUT2D eigenvalue weighted by Crippen LogP contribution is -2.34. The van der Waals surface area contributed by atoms with Gasteiger partial charge in [0.15, 0.2) is 11.5 Å². The van der Waals surface area contributed by atoms with E-state index in [2.05, 4.69) is 4.98 Å². The number of H-pyrrole nitrogens is 1. The maximum Gasteiger partial charge on any atom is 0.254 e. The van der Waals surface area contributed by atoms with Crippen LogP contribution in [0, 0.1) is 5.82 Å². The summed E-state index contributed by atoms with van der Waals surface area (Å²) in [6.07, 6.45) is 4.67. The smallest absolute Gasteiger partial charge is 0.254 e. The number of ether oxygens (including phenoxy) is 2. The fourth-order valence-electron chi connectivity index (χ4n) is 3.67. The third-order valence-electron chi connectivity index (χ3n) is 5.11. The van der Waals surface area contributed by atoms with Gasteiger partial charge in [-0.3, -0.25) is 4.79 Å². The van der Waals surface area contributed by atoms with E-state index in [-0.39, 0.29) is 18.5 Å². The zero-order valence-electron chi connectivity index (χ0n) is 14.5. The molecule has 0 saturated heterocycles. The Balaban J connectivity index is 1.37. The molecule has 27 heavy (non-hydrogen) atoms. The van der Waals surface area contributed by atoms with E-state index in [4.69, 9.17) is 9.47 Å². The average molecular weight is 364 g/mol. The van der Waals surface area contributed by atoms with Gasteiger partial charge in [-0.1, -0.05) is 6.08 Å². The molecule has 0 bridgehead atoms. The summed E-state index contributed by atoms with van der Waals surface area (Å²) < 4.78 is 24.3. The van der Waals surface area contributed by atoms with Crippen LogP contribution in [0.2, 0.25) is 0 Å². The second kappa shape index (κ2) is 6.16. The first-order valence-electron chi connectivity index (χ1n) is 8.84. The van der Waals surface area contributed by atoms with Gasteiger partial charge >= 0.3 is 0 Å². The van der Waals surface area contributed by atoms with Crippen LogP contribution in [0.3, 0.4) is 0 Å². The Morgan fingerprint density at radius 1 is 1.11 bits per heavy atom. The fourth-order valence-corrected chi connectivity index (χ4v) is 3.67. The molecule has 3 aromatic rings. The van der Waals surface area contributed by atoms with Crippen molar-refractivity contribution >= 4 is 22.4 Å². The van der Waals surface area contributed by atoms with Gasteiger partial charge in [-0.25, -0.2) is 4.39 Å². The number of rotatable bonds is 2. The highest BCUT2D eigenvalue weighted by Gasteiger charge is 2.23. The van der Waals surface area contributed by atoms with E-state index in [1.54, 1.807) is 35.2 Å². The molecule has 2 aromatic carbocycles. The standard InChI is InChI=1S/C21H17FN2O3/c22-15-2-3-18-16(10-15)17(11-23-18)13-5-7-24(8-6-13)21(25)14-1-4-19-20(9-14)27-12-26-19/h1-5,9-11,23H,6-8,12H2. The van der Waals surface area contributed by atoms with Crippen LogP contribution in [-0.2, 0) is 0 Å². The number of fused-ring (bicyclic) bond motifs is 2. The van der Waals surface area contributed by atoms with E-state index in [0.717, 1.165) is 28.5 Å². The second-order valence-electron chi connectivity index (χ2n) is 6.69. The highest BCUT2D eigenvalue weighted by molar-refractivity contribution is 5.96. The predicted octanol–water partition coefficient (Wildman–Crippen LogP) is 3.97. The van der Waals surface area contributed by atoms with E-state index in [1.807, 2.05) is 12.3 Å². The molecule has 1 N–H and O–H groups in total. The molecular formula is C21H17FN2O3. The van der Waals surface area contributed by atoms with Crippen molar-refractivity contribution in [1.29, 1.82) is 0 Å². The molecule has 2 aliphatic rings. The number of hydrogen-bond donors (Lipinski definition) is 1. The molecule has 0 unspecified atom stereocenters. The third-order valence-corrected chi connectivity index (χ3v) is 5.11. The van der Waals surface area contributed by atoms with Crippen LogP contribution in [0.25, 0.3) is 16.5 Å². The maximum absolute atomic E-state index is 13.6. The molecule has 0 radical (unpaired) electrons. The van der Waals surface area contributed by atoms with Crippen molar-refractivity contribution < 1.29 is 18.7 Å². The number of aromatic amines is 1. The number of carbonyl (C=O) groups is 1. The molecule has 1 aromatic heterocycles. The maximum atomic E-state index is 13.6. The largest absolute Gasteiger partial charge is 0.454 e. The Kier molecular flexibility index (Phi) is 3.63. The van der Waals surface area contributed by atoms with Gasteiger partial charge in [0.2, 0.25) is 6.79 Å². The van der Waals surface area contributed by atoms with Gasteiger partial charge in [-0.05, 0) is 48.4 Å². The minimum Gasteiger partial charge on any atom is -0.454 e. The topological polar surface area (TPSA) is 54.6 Å². The number of aromatic nitrogens is 1. The summed E-state index contributed by atoms with van der Waals surface area (Å²) in [5, 5.41) is 0.872. The number of amides is 1. The lowest BCUT2D eigenvalue weighted by molar-refractivity contribution is 0.0772.